The lowest BCUT2D eigenvalue weighted by atomic mass is 9.67. The molecule has 6 nitrogen and oxygen atoms in total. The van der Waals surface area contributed by atoms with E-state index in [4.69, 9.17) is 4.74 Å². The standard InChI is InChI=1S/C19H30F3N5O/c1-23-17(27-14-18(7-3-8-18)9-12-28-2)25-11-4-10-24-16-6-5-15(13-26-16)19(20,21)22/h5-6,13H,3-4,7-12,14H2,1-2H3,(H,24,26)(H2,23,25,27). The van der Waals surface area contributed by atoms with Gasteiger partial charge in [0, 0.05) is 46.6 Å². The third kappa shape index (κ3) is 6.85. The van der Waals surface area contributed by atoms with Gasteiger partial charge in [-0.1, -0.05) is 6.42 Å². The predicted molar refractivity (Wildman–Crippen MR) is 104 cm³/mol. The van der Waals surface area contributed by atoms with E-state index >= 15 is 0 Å². The first-order valence-electron chi connectivity index (χ1n) is 9.59. The highest BCUT2D eigenvalue weighted by atomic mass is 19.4. The molecule has 0 atom stereocenters. The van der Waals surface area contributed by atoms with Gasteiger partial charge in [0.15, 0.2) is 5.96 Å². The van der Waals surface area contributed by atoms with Crippen LogP contribution in [0.2, 0.25) is 0 Å². The van der Waals surface area contributed by atoms with Gasteiger partial charge < -0.3 is 20.7 Å². The molecule has 0 bridgehead atoms. The number of rotatable bonds is 10. The number of pyridine rings is 1. The molecule has 0 aliphatic heterocycles. The third-order valence-electron chi connectivity index (χ3n) is 5.15. The van der Waals surface area contributed by atoms with Crippen molar-refractivity contribution in [1.29, 1.82) is 0 Å². The van der Waals surface area contributed by atoms with Crippen LogP contribution in [0.4, 0.5) is 19.0 Å². The second kappa shape index (κ2) is 10.5. The first kappa shape index (κ1) is 22.3. The number of methoxy groups -OCH3 is 1. The van der Waals surface area contributed by atoms with Crippen molar-refractivity contribution in [3.05, 3.63) is 23.9 Å². The first-order chi connectivity index (χ1) is 13.4. The molecule has 1 aromatic heterocycles. The van der Waals surface area contributed by atoms with Crippen molar-refractivity contribution < 1.29 is 17.9 Å². The molecule has 1 saturated carbocycles. The number of anilines is 1. The summed E-state index contributed by atoms with van der Waals surface area (Å²) < 4.78 is 42.8. The van der Waals surface area contributed by atoms with Crippen LogP contribution in [0.1, 0.15) is 37.7 Å². The predicted octanol–water partition coefficient (Wildman–Crippen LogP) is 3.27. The van der Waals surface area contributed by atoms with E-state index in [1.165, 1.54) is 25.3 Å². The molecule has 0 saturated heterocycles. The van der Waals surface area contributed by atoms with E-state index in [9.17, 15) is 13.2 Å². The van der Waals surface area contributed by atoms with Crippen LogP contribution in [-0.4, -0.2) is 51.3 Å². The number of guanidine groups is 1. The summed E-state index contributed by atoms with van der Waals surface area (Å²) in [4.78, 5) is 8.04. The van der Waals surface area contributed by atoms with Crippen LogP contribution in [0.3, 0.4) is 0 Å². The average molecular weight is 401 g/mol. The molecule has 158 valence electrons. The molecule has 2 rings (SSSR count). The van der Waals surface area contributed by atoms with Crippen molar-refractivity contribution in [3.8, 4) is 0 Å². The Hall–Kier alpha value is -2.03. The summed E-state index contributed by atoms with van der Waals surface area (Å²) in [5, 5.41) is 9.67. The SMILES string of the molecule is CN=C(NCCCNc1ccc(C(F)(F)F)cn1)NCC1(CCOC)CCC1. The Morgan fingerprint density at radius 1 is 1.25 bits per heavy atom. The molecule has 1 heterocycles. The summed E-state index contributed by atoms with van der Waals surface area (Å²) in [6, 6.07) is 2.37. The molecule has 1 fully saturated rings. The van der Waals surface area contributed by atoms with Crippen LogP contribution < -0.4 is 16.0 Å². The number of aliphatic imine (C=N–C) groups is 1. The van der Waals surface area contributed by atoms with Crippen LogP contribution in [0.25, 0.3) is 0 Å². The van der Waals surface area contributed by atoms with Gasteiger partial charge in [0.1, 0.15) is 5.82 Å². The van der Waals surface area contributed by atoms with Crippen molar-refractivity contribution in [2.75, 3.05) is 45.7 Å². The molecule has 3 N–H and O–H groups in total. The zero-order chi connectivity index (χ0) is 20.5. The Bertz CT molecular complexity index is 615. The zero-order valence-electron chi connectivity index (χ0n) is 16.5. The Labute approximate surface area is 164 Å². The van der Waals surface area contributed by atoms with Crippen molar-refractivity contribution >= 4 is 11.8 Å². The summed E-state index contributed by atoms with van der Waals surface area (Å²) in [5.74, 6) is 1.19. The highest BCUT2D eigenvalue weighted by Crippen LogP contribution is 2.43. The Balaban J connectivity index is 1.63. The van der Waals surface area contributed by atoms with Crippen LogP contribution in [0.5, 0.6) is 0 Å². The number of halogens is 3. The fourth-order valence-corrected chi connectivity index (χ4v) is 3.18. The van der Waals surface area contributed by atoms with Gasteiger partial charge in [-0.2, -0.15) is 13.2 Å². The quantitative estimate of drug-likeness (QED) is 0.319. The molecule has 1 aliphatic carbocycles. The van der Waals surface area contributed by atoms with E-state index in [0.29, 0.717) is 24.3 Å². The zero-order valence-corrected chi connectivity index (χ0v) is 16.5. The van der Waals surface area contributed by atoms with E-state index in [1.807, 2.05) is 0 Å². The van der Waals surface area contributed by atoms with E-state index in [2.05, 4.69) is 25.9 Å². The normalized spacial score (nSPS) is 16.4. The lowest BCUT2D eigenvalue weighted by Gasteiger charge is -2.42. The molecule has 9 heteroatoms. The summed E-state index contributed by atoms with van der Waals surface area (Å²) >= 11 is 0. The second-order valence-corrected chi connectivity index (χ2v) is 7.16. The number of nitrogens with zero attached hydrogens (tertiary/aromatic N) is 2. The number of nitrogens with one attached hydrogen (secondary N) is 3. The maximum absolute atomic E-state index is 12.5. The van der Waals surface area contributed by atoms with Crippen molar-refractivity contribution in [2.24, 2.45) is 10.4 Å². The molecule has 0 unspecified atom stereocenters. The van der Waals surface area contributed by atoms with Crippen LogP contribution in [0.15, 0.2) is 23.3 Å². The Morgan fingerprint density at radius 2 is 2.04 bits per heavy atom. The number of hydrogen-bond acceptors (Lipinski definition) is 4. The summed E-state index contributed by atoms with van der Waals surface area (Å²) in [6.45, 7) is 2.94. The number of ether oxygens (including phenoxy) is 1. The maximum Gasteiger partial charge on any atom is 0.417 e. The third-order valence-corrected chi connectivity index (χ3v) is 5.15. The Morgan fingerprint density at radius 3 is 2.57 bits per heavy atom. The molecule has 1 aromatic rings. The molecule has 0 amide bonds. The van der Waals surface area contributed by atoms with E-state index in [1.54, 1.807) is 14.2 Å². The topological polar surface area (TPSA) is 70.6 Å². The molecule has 1 aliphatic rings. The van der Waals surface area contributed by atoms with Crippen molar-refractivity contribution in [3.63, 3.8) is 0 Å². The van der Waals surface area contributed by atoms with E-state index < -0.39 is 11.7 Å². The average Bonchev–Trinajstić information content (AvgIpc) is 2.64. The van der Waals surface area contributed by atoms with Gasteiger partial charge >= 0.3 is 6.18 Å². The van der Waals surface area contributed by atoms with Gasteiger partial charge in [0.2, 0.25) is 0 Å². The van der Waals surface area contributed by atoms with E-state index in [0.717, 1.165) is 44.2 Å². The van der Waals surface area contributed by atoms with Gasteiger partial charge in [0.25, 0.3) is 0 Å². The van der Waals surface area contributed by atoms with E-state index in [-0.39, 0.29) is 0 Å². The van der Waals surface area contributed by atoms with Crippen LogP contribution in [0, 0.1) is 5.41 Å². The molecule has 0 radical (unpaired) electrons. The van der Waals surface area contributed by atoms with Gasteiger partial charge in [0.05, 0.1) is 5.56 Å². The lowest BCUT2D eigenvalue weighted by Crippen LogP contribution is -2.47. The second-order valence-electron chi connectivity index (χ2n) is 7.16. The van der Waals surface area contributed by atoms with Gasteiger partial charge in [-0.05, 0) is 43.2 Å². The highest BCUT2D eigenvalue weighted by Gasteiger charge is 2.36. The first-order valence-corrected chi connectivity index (χ1v) is 9.59. The fraction of sp³-hybridized carbons (Fsp3) is 0.684. The van der Waals surface area contributed by atoms with Crippen LogP contribution in [-0.2, 0) is 10.9 Å². The molecule has 0 aromatic carbocycles. The summed E-state index contributed by atoms with van der Waals surface area (Å²) in [7, 11) is 3.47. The fourth-order valence-electron chi connectivity index (χ4n) is 3.18. The minimum atomic E-state index is -4.36. The smallest absolute Gasteiger partial charge is 0.385 e. The minimum Gasteiger partial charge on any atom is -0.385 e. The number of alkyl halides is 3. The largest absolute Gasteiger partial charge is 0.417 e. The van der Waals surface area contributed by atoms with Crippen molar-refractivity contribution in [1.82, 2.24) is 15.6 Å². The maximum atomic E-state index is 12.5. The van der Waals surface area contributed by atoms with Crippen LogP contribution >= 0.6 is 0 Å². The van der Waals surface area contributed by atoms with Gasteiger partial charge in [-0.25, -0.2) is 4.98 Å². The summed E-state index contributed by atoms with van der Waals surface area (Å²) in [5.41, 5.74) is -0.437. The lowest BCUT2D eigenvalue weighted by molar-refractivity contribution is -0.137. The minimum absolute atomic E-state index is 0.309. The van der Waals surface area contributed by atoms with Crippen molar-refractivity contribution in [2.45, 2.75) is 38.3 Å². The molecule has 28 heavy (non-hydrogen) atoms. The summed E-state index contributed by atoms with van der Waals surface area (Å²) in [6.07, 6.45) is 2.00. The molecular weight excluding hydrogens is 371 g/mol. The number of aromatic nitrogens is 1. The monoisotopic (exact) mass is 401 g/mol. The van der Waals surface area contributed by atoms with Gasteiger partial charge in [-0.3, -0.25) is 4.99 Å². The molecule has 0 spiro atoms. The Kier molecular flexibility index (Phi) is 8.35. The highest BCUT2D eigenvalue weighted by molar-refractivity contribution is 5.79. The number of hydrogen-bond donors (Lipinski definition) is 3. The molecular formula is C19H30F3N5O. The van der Waals surface area contributed by atoms with Gasteiger partial charge in [-0.15, -0.1) is 0 Å².